The number of aryl methyl sites for hydroxylation is 3. The quantitative estimate of drug-likeness (QED) is 0.379. The fourth-order valence-electron chi connectivity index (χ4n) is 3.50. The minimum atomic E-state index is -3.60. The maximum Gasteiger partial charge on any atom is 0.229 e. The highest BCUT2D eigenvalue weighted by molar-refractivity contribution is 7.92. The van der Waals surface area contributed by atoms with E-state index in [1.807, 2.05) is 44.2 Å². The Balaban J connectivity index is 1.73. The van der Waals surface area contributed by atoms with Crippen molar-refractivity contribution < 1.29 is 17.6 Å². The van der Waals surface area contributed by atoms with Crippen LogP contribution in [0.5, 0.6) is 0 Å². The highest BCUT2D eigenvalue weighted by atomic mass is 35.5. The standard InChI is InChI=1S/C25H27ClFN3O3S/c1-15-5-10-20(26)14-23(15)29-25-18(7-6-16(2)28-25)9-12-24(31)17(3)19-8-11-22(21(27)13-19)30-34(4,32)33/h5-8,10-11,13-14,17,30H,9,12H2,1-4H3,(H,28,29). The predicted molar refractivity (Wildman–Crippen MR) is 135 cm³/mol. The molecule has 3 rings (SSSR count). The van der Waals surface area contributed by atoms with Crippen LogP contribution in [0.3, 0.4) is 0 Å². The fraction of sp³-hybridized carbons (Fsp3) is 0.280. The molecule has 0 aliphatic carbocycles. The topological polar surface area (TPSA) is 88.2 Å². The van der Waals surface area contributed by atoms with Crippen molar-refractivity contribution in [1.29, 1.82) is 0 Å². The Bertz CT molecular complexity index is 1330. The molecule has 0 bridgehead atoms. The number of ketones is 1. The van der Waals surface area contributed by atoms with Gasteiger partial charge in [-0.3, -0.25) is 9.52 Å². The van der Waals surface area contributed by atoms with E-state index < -0.39 is 21.8 Å². The fourth-order valence-corrected chi connectivity index (χ4v) is 4.23. The van der Waals surface area contributed by atoms with Crippen LogP contribution in [0.15, 0.2) is 48.5 Å². The van der Waals surface area contributed by atoms with Crippen molar-refractivity contribution in [3.63, 3.8) is 0 Å². The third-order valence-electron chi connectivity index (χ3n) is 5.48. The first-order valence-corrected chi connectivity index (χ1v) is 13.0. The minimum absolute atomic E-state index is 0.0614. The van der Waals surface area contributed by atoms with E-state index >= 15 is 0 Å². The number of pyridine rings is 1. The highest BCUT2D eigenvalue weighted by Gasteiger charge is 2.19. The van der Waals surface area contributed by atoms with Crippen molar-refractivity contribution in [2.75, 3.05) is 16.3 Å². The van der Waals surface area contributed by atoms with Gasteiger partial charge in [0.2, 0.25) is 10.0 Å². The Morgan fingerprint density at radius 3 is 2.50 bits per heavy atom. The number of hydrogen-bond donors (Lipinski definition) is 2. The average Bonchev–Trinajstić information content (AvgIpc) is 2.75. The van der Waals surface area contributed by atoms with E-state index in [4.69, 9.17) is 11.6 Å². The molecular formula is C25H27ClFN3O3S. The monoisotopic (exact) mass is 503 g/mol. The second-order valence-corrected chi connectivity index (χ2v) is 10.5. The first kappa shape index (κ1) is 25.6. The summed E-state index contributed by atoms with van der Waals surface area (Å²) in [6, 6.07) is 13.5. The molecule has 0 spiro atoms. The van der Waals surface area contributed by atoms with Gasteiger partial charge in [0.25, 0.3) is 0 Å². The highest BCUT2D eigenvalue weighted by Crippen LogP contribution is 2.28. The van der Waals surface area contributed by atoms with Crippen LogP contribution in [-0.4, -0.2) is 25.4 Å². The van der Waals surface area contributed by atoms with Crippen LogP contribution in [0.4, 0.5) is 21.6 Å². The van der Waals surface area contributed by atoms with E-state index in [1.54, 1.807) is 13.0 Å². The molecule has 0 saturated carbocycles. The van der Waals surface area contributed by atoms with Crippen LogP contribution >= 0.6 is 11.6 Å². The summed E-state index contributed by atoms with van der Waals surface area (Å²) in [6.45, 7) is 5.57. The van der Waals surface area contributed by atoms with Crippen LogP contribution < -0.4 is 10.0 Å². The van der Waals surface area contributed by atoms with Gasteiger partial charge in [-0.1, -0.05) is 36.7 Å². The van der Waals surface area contributed by atoms with Gasteiger partial charge in [-0.25, -0.2) is 17.8 Å². The van der Waals surface area contributed by atoms with Gasteiger partial charge in [0.15, 0.2) is 0 Å². The molecule has 0 aliphatic heterocycles. The molecule has 0 fully saturated rings. The predicted octanol–water partition coefficient (Wildman–Crippen LogP) is 5.91. The third-order valence-corrected chi connectivity index (χ3v) is 6.31. The summed E-state index contributed by atoms with van der Waals surface area (Å²) in [5, 5.41) is 3.93. The van der Waals surface area contributed by atoms with Gasteiger partial charge in [-0.15, -0.1) is 0 Å². The summed E-state index contributed by atoms with van der Waals surface area (Å²) in [5.41, 5.74) is 3.90. The number of sulfonamides is 1. The molecule has 3 aromatic rings. The lowest BCUT2D eigenvalue weighted by atomic mass is 9.92. The van der Waals surface area contributed by atoms with Crippen LogP contribution in [0.1, 0.15) is 41.6 Å². The summed E-state index contributed by atoms with van der Waals surface area (Å²) in [4.78, 5) is 17.5. The molecule has 1 atom stereocenters. The van der Waals surface area contributed by atoms with Crippen LogP contribution in [-0.2, 0) is 21.2 Å². The van der Waals surface area contributed by atoms with E-state index in [0.29, 0.717) is 22.8 Å². The maximum atomic E-state index is 14.3. The molecule has 2 aromatic carbocycles. The van der Waals surface area contributed by atoms with Gasteiger partial charge in [-0.05, 0) is 67.3 Å². The SMILES string of the molecule is Cc1ccc(CCC(=O)C(C)c2ccc(NS(C)(=O)=O)c(F)c2)c(Nc2cc(Cl)ccc2C)n1. The number of nitrogens with one attached hydrogen (secondary N) is 2. The first-order chi connectivity index (χ1) is 15.9. The van der Waals surface area contributed by atoms with Crippen molar-refractivity contribution >= 4 is 44.6 Å². The number of carbonyl (C=O) groups is 1. The van der Waals surface area contributed by atoms with Crippen LogP contribution in [0.2, 0.25) is 5.02 Å². The molecule has 0 aliphatic rings. The molecular weight excluding hydrogens is 477 g/mol. The van der Waals surface area contributed by atoms with E-state index in [-0.39, 0.29) is 17.9 Å². The zero-order valence-corrected chi connectivity index (χ0v) is 21.0. The number of carbonyl (C=O) groups excluding carboxylic acids is 1. The number of Topliss-reactive ketones (excluding diaryl/α,β-unsaturated/α-hetero) is 1. The first-order valence-electron chi connectivity index (χ1n) is 10.7. The number of aromatic nitrogens is 1. The molecule has 2 N–H and O–H groups in total. The van der Waals surface area contributed by atoms with Crippen molar-refractivity contribution in [1.82, 2.24) is 4.98 Å². The van der Waals surface area contributed by atoms with E-state index in [2.05, 4.69) is 15.0 Å². The Labute approximate surface area is 204 Å². The van der Waals surface area contributed by atoms with Crippen molar-refractivity contribution in [2.24, 2.45) is 0 Å². The van der Waals surface area contributed by atoms with E-state index in [0.717, 1.165) is 28.8 Å². The minimum Gasteiger partial charge on any atom is -0.340 e. The average molecular weight is 504 g/mol. The number of hydrogen-bond acceptors (Lipinski definition) is 5. The van der Waals surface area contributed by atoms with Crippen molar-refractivity contribution in [3.8, 4) is 0 Å². The normalized spacial score (nSPS) is 12.3. The van der Waals surface area contributed by atoms with E-state index in [9.17, 15) is 17.6 Å². The third kappa shape index (κ3) is 6.77. The molecule has 1 heterocycles. The zero-order valence-electron chi connectivity index (χ0n) is 19.4. The van der Waals surface area contributed by atoms with Gasteiger partial charge in [0, 0.05) is 28.7 Å². The Morgan fingerprint density at radius 2 is 1.82 bits per heavy atom. The molecule has 0 radical (unpaired) electrons. The lowest BCUT2D eigenvalue weighted by molar-refractivity contribution is -0.120. The van der Waals surface area contributed by atoms with Gasteiger partial charge in [0.05, 0.1) is 11.9 Å². The molecule has 180 valence electrons. The zero-order chi connectivity index (χ0) is 25.0. The smallest absolute Gasteiger partial charge is 0.229 e. The van der Waals surface area contributed by atoms with Gasteiger partial charge in [-0.2, -0.15) is 0 Å². The lowest BCUT2D eigenvalue weighted by Gasteiger charge is -2.16. The summed E-state index contributed by atoms with van der Waals surface area (Å²) in [5.74, 6) is -0.679. The summed E-state index contributed by atoms with van der Waals surface area (Å²) in [7, 11) is -3.60. The van der Waals surface area contributed by atoms with Crippen molar-refractivity contribution in [3.05, 3.63) is 81.8 Å². The van der Waals surface area contributed by atoms with Crippen LogP contribution in [0, 0.1) is 19.7 Å². The largest absolute Gasteiger partial charge is 0.340 e. The molecule has 9 heteroatoms. The van der Waals surface area contributed by atoms with Crippen LogP contribution in [0.25, 0.3) is 0 Å². The molecule has 0 amide bonds. The number of halogens is 2. The molecule has 34 heavy (non-hydrogen) atoms. The van der Waals surface area contributed by atoms with E-state index in [1.165, 1.54) is 12.1 Å². The lowest BCUT2D eigenvalue weighted by Crippen LogP contribution is -2.13. The van der Waals surface area contributed by atoms with Crippen molar-refractivity contribution in [2.45, 2.75) is 39.5 Å². The summed E-state index contributed by atoms with van der Waals surface area (Å²) in [6.07, 6.45) is 1.64. The molecule has 1 aromatic heterocycles. The van der Waals surface area contributed by atoms with Gasteiger partial charge in [0.1, 0.15) is 17.4 Å². The Morgan fingerprint density at radius 1 is 1.09 bits per heavy atom. The summed E-state index contributed by atoms with van der Waals surface area (Å²) < 4.78 is 39.2. The number of nitrogens with zero attached hydrogens (tertiary/aromatic N) is 1. The number of rotatable bonds is 9. The molecule has 6 nitrogen and oxygen atoms in total. The molecule has 1 unspecified atom stereocenters. The number of benzene rings is 2. The Hall–Kier alpha value is -2.97. The summed E-state index contributed by atoms with van der Waals surface area (Å²) >= 11 is 6.14. The molecule has 0 saturated heterocycles. The number of anilines is 3. The second kappa shape index (κ2) is 10.5. The van der Waals surface area contributed by atoms with Gasteiger partial charge < -0.3 is 5.32 Å². The second-order valence-electron chi connectivity index (χ2n) is 8.35. The van der Waals surface area contributed by atoms with Gasteiger partial charge >= 0.3 is 0 Å². The maximum absolute atomic E-state index is 14.3. The Kier molecular flexibility index (Phi) is 7.94.